The van der Waals surface area contributed by atoms with Gasteiger partial charge in [-0.3, -0.25) is 4.79 Å². The van der Waals surface area contributed by atoms with Gasteiger partial charge in [-0.2, -0.15) is 0 Å². The number of hydrogen-bond acceptors (Lipinski definition) is 3. The van der Waals surface area contributed by atoms with Crippen LogP contribution in [0.25, 0.3) is 0 Å². The fourth-order valence-corrected chi connectivity index (χ4v) is 1.89. The largest absolute Gasteiger partial charge is 0.397 e. The van der Waals surface area contributed by atoms with Crippen molar-refractivity contribution in [1.29, 1.82) is 0 Å². The minimum Gasteiger partial charge on any atom is -0.397 e. The smallest absolute Gasteiger partial charge is 0.251 e. The highest BCUT2D eigenvalue weighted by Crippen LogP contribution is 2.22. The molecule has 1 amide bonds. The molecule has 0 aromatic heterocycles. The molecule has 0 aliphatic heterocycles. The van der Waals surface area contributed by atoms with Gasteiger partial charge in [-0.1, -0.05) is 13.8 Å². The van der Waals surface area contributed by atoms with Gasteiger partial charge in [0, 0.05) is 18.7 Å². The van der Waals surface area contributed by atoms with Crippen LogP contribution in [-0.2, 0) is 0 Å². The van der Waals surface area contributed by atoms with Crippen LogP contribution in [-0.4, -0.2) is 19.0 Å². The average Bonchev–Trinajstić information content (AvgIpc) is 2.38. The summed E-state index contributed by atoms with van der Waals surface area (Å²) in [5.74, 6) is 0.594. The topological polar surface area (TPSA) is 67.2 Å². The lowest BCUT2D eigenvalue weighted by Gasteiger charge is -2.18. The van der Waals surface area contributed by atoms with Crippen molar-refractivity contribution in [1.82, 2.24) is 5.32 Å². The van der Waals surface area contributed by atoms with Crippen molar-refractivity contribution < 1.29 is 4.79 Å². The summed E-state index contributed by atoms with van der Waals surface area (Å²) in [5, 5.41) is 5.99. The van der Waals surface area contributed by atoms with E-state index >= 15 is 0 Å². The number of benzene rings is 1. The molecule has 0 saturated heterocycles. The minimum atomic E-state index is -0.0992. The third-order valence-corrected chi connectivity index (χ3v) is 3.12. The van der Waals surface area contributed by atoms with Crippen LogP contribution >= 0.6 is 0 Å². The van der Waals surface area contributed by atoms with Crippen molar-refractivity contribution in [3.8, 4) is 0 Å². The Hall–Kier alpha value is -1.71. The monoisotopic (exact) mass is 263 g/mol. The van der Waals surface area contributed by atoms with E-state index < -0.39 is 0 Å². The first-order valence-electron chi connectivity index (χ1n) is 6.82. The van der Waals surface area contributed by atoms with E-state index in [0.29, 0.717) is 23.2 Å². The molecule has 0 fully saturated rings. The highest BCUT2D eigenvalue weighted by molar-refractivity contribution is 5.96. The molecule has 0 heterocycles. The van der Waals surface area contributed by atoms with Gasteiger partial charge in [-0.15, -0.1) is 0 Å². The molecular weight excluding hydrogens is 238 g/mol. The van der Waals surface area contributed by atoms with E-state index in [2.05, 4.69) is 31.4 Å². The van der Waals surface area contributed by atoms with Crippen LogP contribution in [0.2, 0.25) is 0 Å². The zero-order valence-corrected chi connectivity index (χ0v) is 12.3. The molecular formula is C15H25N3O. The Morgan fingerprint density at radius 1 is 1.26 bits per heavy atom. The number of carbonyl (C=O) groups excluding carboxylic acids is 1. The molecule has 0 aliphatic carbocycles. The minimum absolute atomic E-state index is 0.0992. The standard InChI is InChI=1S/C15H25N3O/c1-10(2)5-6-11(3)18-14-9-12(15(19)17-4)7-8-13(14)16/h7-11,18H,5-6,16H2,1-4H3,(H,17,19). The van der Waals surface area contributed by atoms with E-state index in [1.807, 2.05) is 0 Å². The molecule has 0 spiro atoms. The lowest BCUT2D eigenvalue weighted by Crippen LogP contribution is -2.20. The molecule has 0 radical (unpaired) electrons. The molecule has 1 atom stereocenters. The van der Waals surface area contributed by atoms with E-state index in [9.17, 15) is 4.79 Å². The van der Waals surface area contributed by atoms with Crippen molar-refractivity contribution in [2.24, 2.45) is 5.92 Å². The van der Waals surface area contributed by atoms with E-state index in [1.165, 1.54) is 6.42 Å². The molecule has 1 aromatic rings. The van der Waals surface area contributed by atoms with E-state index in [1.54, 1.807) is 25.2 Å². The summed E-state index contributed by atoms with van der Waals surface area (Å²) in [6.45, 7) is 6.56. The third kappa shape index (κ3) is 4.81. The lowest BCUT2D eigenvalue weighted by molar-refractivity contribution is 0.0963. The maximum atomic E-state index is 11.6. The molecule has 4 heteroatoms. The van der Waals surface area contributed by atoms with Crippen LogP contribution in [0.3, 0.4) is 0 Å². The summed E-state index contributed by atoms with van der Waals surface area (Å²) >= 11 is 0. The predicted molar refractivity (Wildman–Crippen MR) is 81.4 cm³/mol. The number of carbonyl (C=O) groups is 1. The maximum Gasteiger partial charge on any atom is 0.251 e. The van der Waals surface area contributed by atoms with Crippen LogP contribution < -0.4 is 16.4 Å². The predicted octanol–water partition coefficient (Wildman–Crippen LogP) is 2.87. The van der Waals surface area contributed by atoms with Crippen molar-refractivity contribution in [3.63, 3.8) is 0 Å². The van der Waals surface area contributed by atoms with Gasteiger partial charge in [0.2, 0.25) is 0 Å². The first-order chi connectivity index (χ1) is 8.93. The Morgan fingerprint density at radius 3 is 2.53 bits per heavy atom. The van der Waals surface area contributed by atoms with Crippen LogP contribution in [0, 0.1) is 5.92 Å². The summed E-state index contributed by atoms with van der Waals surface area (Å²) in [4.78, 5) is 11.6. The summed E-state index contributed by atoms with van der Waals surface area (Å²) in [5.41, 5.74) is 8.06. The summed E-state index contributed by atoms with van der Waals surface area (Å²) in [6, 6.07) is 5.64. The van der Waals surface area contributed by atoms with Crippen LogP contribution in [0.5, 0.6) is 0 Å². The second-order valence-electron chi connectivity index (χ2n) is 5.40. The number of rotatable bonds is 6. The SMILES string of the molecule is CNC(=O)c1ccc(N)c(NC(C)CCC(C)C)c1. The molecule has 1 rings (SSSR count). The third-order valence-electron chi connectivity index (χ3n) is 3.12. The van der Waals surface area contributed by atoms with Crippen molar-refractivity contribution in [3.05, 3.63) is 23.8 Å². The first kappa shape index (κ1) is 15.3. The van der Waals surface area contributed by atoms with Gasteiger partial charge in [0.15, 0.2) is 0 Å². The molecule has 4 nitrogen and oxygen atoms in total. The molecule has 19 heavy (non-hydrogen) atoms. The Bertz CT molecular complexity index is 429. The molecule has 1 unspecified atom stereocenters. The fourth-order valence-electron chi connectivity index (χ4n) is 1.89. The number of hydrogen-bond donors (Lipinski definition) is 3. The molecule has 106 valence electrons. The van der Waals surface area contributed by atoms with Crippen LogP contribution in [0.4, 0.5) is 11.4 Å². The molecule has 0 bridgehead atoms. The number of amides is 1. The quantitative estimate of drug-likeness (QED) is 0.691. The van der Waals surface area contributed by atoms with Gasteiger partial charge in [-0.05, 0) is 43.9 Å². The van der Waals surface area contributed by atoms with Gasteiger partial charge in [0.1, 0.15) is 0 Å². The van der Waals surface area contributed by atoms with Gasteiger partial charge < -0.3 is 16.4 Å². The first-order valence-corrected chi connectivity index (χ1v) is 6.82. The zero-order chi connectivity index (χ0) is 14.4. The van der Waals surface area contributed by atoms with E-state index in [0.717, 1.165) is 12.1 Å². The highest BCUT2D eigenvalue weighted by atomic mass is 16.1. The number of anilines is 2. The zero-order valence-electron chi connectivity index (χ0n) is 12.3. The summed E-state index contributed by atoms with van der Waals surface area (Å²) in [6.07, 6.45) is 2.25. The Labute approximate surface area is 115 Å². The number of nitrogen functional groups attached to an aromatic ring is 1. The normalized spacial score (nSPS) is 12.3. The number of nitrogens with one attached hydrogen (secondary N) is 2. The Morgan fingerprint density at radius 2 is 1.95 bits per heavy atom. The second kappa shape index (κ2) is 7.02. The van der Waals surface area contributed by atoms with Crippen molar-refractivity contribution >= 4 is 17.3 Å². The van der Waals surface area contributed by atoms with E-state index in [-0.39, 0.29) is 5.91 Å². The van der Waals surface area contributed by atoms with Gasteiger partial charge in [0.05, 0.1) is 11.4 Å². The molecule has 0 aliphatic rings. The highest BCUT2D eigenvalue weighted by Gasteiger charge is 2.09. The van der Waals surface area contributed by atoms with Crippen molar-refractivity contribution in [2.75, 3.05) is 18.1 Å². The molecule has 4 N–H and O–H groups in total. The fraction of sp³-hybridized carbons (Fsp3) is 0.533. The molecule has 0 saturated carbocycles. The Kier molecular flexibility index (Phi) is 5.67. The van der Waals surface area contributed by atoms with Crippen molar-refractivity contribution in [2.45, 2.75) is 39.7 Å². The lowest BCUT2D eigenvalue weighted by atomic mass is 10.0. The van der Waals surface area contributed by atoms with Gasteiger partial charge >= 0.3 is 0 Å². The molecule has 1 aromatic carbocycles. The van der Waals surface area contributed by atoms with E-state index in [4.69, 9.17) is 5.73 Å². The van der Waals surface area contributed by atoms with Gasteiger partial charge in [0.25, 0.3) is 5.91 Å². The van der Waals surface area contributed by atoms with Gasteiger partial charge in [-0.25, -0.2) is 0 Å². The Balaban J connectivity index is 2.73. The second-order valence-corrected chi connectivity index (χ2v) is 5.40. The maximum absolute atomic E-state index is 11.6. The van der Waals surface area contributed by atoms with Crippen LogP contribution in [0.15, 0.2) is 18.2 Å². The average molecular weight is 263 g/mol. The summed E-state index contributed by atoms with van der Waals surface area (Å²) < 4.78 is 0. The summed E-state index contributed by atoms with van der Waals surface area (Å²) in [7, 11) is 1.62. The van der Waals surface area contributed by atoms with Crippen LogP contribution in [0.1, 0.15) is 44.0 Å². The number of nitrogens with two attached hydrogens (primary N) is 1.